The fourth-order valence-electron chi connectivity index (χ4n) is 2.08. The van der Waals surface area contributed by atoms with Crippen LogP contribution in [0.3, 0.4) is 0 Å². The van der Waals surface area contributed by atoms with Gasteiger partial charge in [-0.2, -0.15) is 13.2 Å². The van der Waals surface area contributed by atoms with Crippen molar-refractivity contribution in [1.29, 1.82) is 0 Å². The molecule has 0 fully saturated rings. The molecule has 0 saturated carbocycles. The van der Waals surface area contributed by atoms with Crippen molar-refractivity contribution in [3.63, 3.8) is 0 Å². The van der Waals surface area contributed by atoms with Crippen LogP contribution in [-0.4, -0.2) is 11.1 Å². The standard InChI is InChI=1S/C16H11F3O2/c1-10(15(20)21)12-8-5-9-13(14(12)16(17,18)19)11-6-3-2-4-7-11/h2-9H,1H2,(H,20,21). The Balaban J connectivity index is 2.76. The van der Waals surface area contributed by atoms with E-state index in [1.165, 1.54) is 24.3 Å². The van der Waals surface area contributed by atoms with Gasteiger partial charge in [-0.3, -0.25) is 0 Å². The number of alkyl halides is 3. The van der Waals surface area contributed by atoms with Gasteiger partial charge in [0.1, 0.15) is 0 Å². The van der Waals surface area contributed by atoms with Gasteiger partial charge in [-0.15, -0.1) is 0 Å². The molecule has 0 saturated heterocycles. The number of halogens is 3. The summed E-state index contributed by atoms with van der Waals surface area (Å²) in [6, 6.07) is 11.8. The highest BCUT2D eigenvalue weighted by molar-refractivity contribution is 6.15. The molecule has 2 rings (SSSR count). The normalized spacial score (nSPS) is 11.2. The van der Waals surface area contributed by atoms with Gasteiger partial charge in [-0.05, 0) is 11.1 Å². The lowest BCUT2D eigenvalue weighted by Gasteiger charge is -2.17. The molecule has 0 unspecified atom stereocenters. The van der Waals surface area contributed by atoms with Crippen LogP contribution in [0.2, 0.25) is 0 Å². The van der Waals surface area contributed by atoms with E-state index < -0.39 is 28.8 Å². The third kappa shape index (κ3) is 2.97. The van der Waals surface area contributed by atoms with Crippen LogP contribution in [0, 0.1) is 0 Å². The van der Waals surface area contributed by atoms with Crippen LogP contribution in [0.5, 0.6) is 0 Å². The SMILES string of the molecule is C=C(C(=O)O)c1cccc(-c2ccccc2)c1C(F)(F)F. The second-order valence-electron chi connectivity index (χ2n) is 4.38. The maximum absolute atomic E-state index is 13.4. The first-order valence-electron chi connectivity index (χ1n) is 6.00. The molecule has 5 heteroatoms. The fourth-order valence-corrected chi connectivity index (χ4v) is 2.08. The van der Waals surface area contributed by atoms with Crippen LogP contribution >= 0.6 is 0 Å². The number of benzene rings is 2. The molecule has 108 valence electrons. The molecular formula is C16H11F3O2. The van der Waals surface area contributed by atoms with Crippen LogP contribution in [-0.2, 0) is 11.0 Å². The van der Waals surface area contributed by atoms with E-state index in [2.05, 4.69) is 6.58 Å². The monoisotopic (exact) mass is 292 g/mol. The Hall–Kier alpha value is -2.56. The summed E-state index contributed by atoms with van der Waals surface area (Å²) in [5.41, 5.74) is -1.69. The van der Waals surface area contributed by atoms with Gasteiger partial charge in [0.25, 0.3) is 0 Å². The molecule has 0 radical (unpaired) electrons. The molecule has 0 aliphatic heterocycles. The smallest absolute Gasteiger partial charge is 0.417 e. The number of hydrogen-bond donors (Lipinski definition) is 1. The Morgan fingerprint density at radius 2 is 1.62 bits per heavy atom. The summed E-state index contributed by atoms with van der Waals surface area (Å²) < 4.78 is 40.2. The molecule has 21 heavy (non-hydrogen) atoms. The molecule has 0 spiro atoms. The van der Waals surface area contributed by atoms with Gasteiger partial charge in [0.2, 0.25) is 0 Å². The number of aliphatic carboxylic acids is 1. The van der Waals surface area contributed by atoms with E-state index in [4.69, 9.17) is 5.11 Å². The predicted molar refractivity (Wildman–Crippen MR) is 73.5 cm³/mol. The summed E-state index contributed by atoms with van der Waals surface area (Å²) in [6.07, 6.45) is -4.68. The first kappa shape index (κ1) is 14.8. The van der Waals surface area contributed by atoms with Gasteiger partial charge < -0.3 is 5.11 Å². The largest absolute Gasteiger partial charge is 0.478 e. The molecule has 0 bridgehead atoms. The molecule has 0 aliphatic carbocycles. The lowest BCUT2D eigenvalue weighted by molar-refractivity contribution is -0.137. The van der Waals surface area contributed by atoms with Gasteiger partial charge in [0.05, 0.1) is 11.1 Å². The highest BCUT2D eigenvalue weighted by Crippen LogP contribution is 2.41. The molecule has 0 amide bonds. The quantitative estimate of drug-likeness (QED) is 0.847. The van der Waals surface area contributed by atoms with E-state index in [-0.39, 0.29) is 5.56 Å². The minimum Gasteiger partial charge on any atom is -0.478 e. The topological polar surface area (TPSA) is 37.3 Å². The van der Waals surface area contributed by atoms with E-state index in [0.717, 1.165) is 6.07 Å². The van der Waals surface area contributed by atoms with Gasteiger partial charge >= 0.3 is 12.1 Å². The highest BCUT2D eigenvalue weighted by atomic mass is 19.4. The molecule has 0 aromatic heterocycles. The second-order valence-corrected chi connectivity index (χ2v) is 4.38. The van der Waals surface area contributed by atoms with Crippen LogP contribution in [0.4, 0.5) is 13.2 Å². The minimum absolute atomic E-state index is 0.0667. The van der Waals surface area contributed by atoms with E-state index >= 15 is 0 Å². The van der Waals surface area contributed by atoms with Crippen molar-refractivity contribution >= 4 is 11.5 Å². The lowest BCUT2D eigenvalue weighted by atomic mass is 9.92. The van der Waals surface area contributed by atoms with Gasteiger partial charge in [-0.25, -0.2) is 4.79 Å². The van der Waals surface area contributed by atoms with Crippen molar-refractivity contribution in [1.82, 2.24) is 0 Å². The van der Waals surface area contributed by atoms with Crippen molar-refractivity contribution in [2.45, 2.75) is 6.18 Å². The summed E-state index contributed by atoms with van der Waals surface area (Å²) in [4.78, 5) is 11.0. The van der Waals surface area contributed by atoms with Crippen LogP contribution in [0.25, 0.3) is 16.7 Å². The van der Waals surface area contributed by atoms with E-state index in [0.29, 0.717) is 5.56 Å². The Kier molecular flexibility index (Phi) is 3.84. The Morgan fingerprint density at radius 1 is 1.00 bits per heavy atom. The zero-order valence-electron chi connectivity index (χ0n) is 10.8. The maximum Gasteiger partial charge on any atom is 0.417 e. The maximum atomic E-state index is 13.4. The Labute approximate surface area is 119 Å². The molecule has 2 nitrogen and oxygen atoms in total. The first-order valence-corrected chi connectivity index (χ1v) is 6.00. The average Bonchev–Trinajstić information content (AvgIpc) is 2.45. The molecule has 0 aliphatic rings. The molecule has 1 N–H and O–H groups in total. The van der Waals surface area contributed by atoms with Crippen molar-refractivity contribution in [2.75, 3.05) is 0 Å². The van der Waals surface area contributed by atoms with Crippen molar-refractivity contribution < 1.29 is 23.1 Å². The number of rotatable bonds is 3. The first-order chi connectivity index (χ1) is 9.82. The number of carboxylic acids is 1. The summed E-state index contributed by atoms with van der Waals surface area (Å²) in [5, 5.41) is 8.92. The summed E-state index contributed by atoms with van der Waals surface area (Å²) in [6.45, 7) is 3.23. The summed E-state index contributed by atoms with van der Waals surface area (Å²) in [5.74, 6) is -1.48. The van der Waals surface area contributed by atoms with E-state index in [1.54, 1.807) is 18.2 Å². The van der Waals surface area contributed by atoms with Crippen molar-refractivity contribution in [3.05, 3.63) is 66.2 Å². The number of carbonyl (C=O) groups is 1. The van der Waals surface area contributed by atoms with E-state index in [1.807, 2.05) is 0 Å². The fraction of sp³-hybridized carbons (Fsp3) is 0.0625. The number of carboxylic acid groups (broad SMARTS) is 1. The van der Waals surface area contributed by atoms with Gasteiger partial charge in [0, 0.05) is 5.56 Å². The average molecular weight is 292 g/mol. The predicted octanol–water partition coefficient (Wildman–Crippen LogP) is 4.47. The molecular weight excluding hydrogens is 281 g/mol. The molecule has 0 heterocycles. The van der Waals surface area contributed by atoms with E-state index in [9.17, 15) is 18.0 Å². The molecule has 2 aromatic rings. The summed E-state index contributed by atoms with van der Waals surface area (Å²) >= 11 is 0. The van der Waals surface area contributed by atoms with Crippen molar-refractivity contribution in [3.8, 4) is 11.1 Å². The Morgan fingerprint density at radius 3 is 2.14 bits per heavy atom. The number of hydrogen-bond acceptors (Lipinski definition) is 1. The van der Waals surface area contributed by atoms with Crippen molar-refractivity contribution in [2.24, 2.45) is 0 Å². The third-order valence-corrected chi connectivity index (χ3v) is 3.02. The van der Waals surface area contributed by atoms with Crippen LogP contribution < -0.4 is 0 Å². The van der Waals surface area contributed by atoms with Crippen LogP contribution in [0.1, 0.15) is 11.1 Å². The lowest BCUT2D eigenvalue weighted by Crippen LogP contribution is -2.13. The molecule has 2 aromatic carbocycles. The zero-order chi connectivity index (χ0) is 15.6. The van der Waals surface area contributed by atoms with Crippen LogP contribution in [0.15, 0.2) is 55.1 Å². The Bertz CT molecular complexity index is 688. The molecule has 0 atom stereocenters. The van der Waals surface area contributed by atoms with Gasteiger partial charge in [-0.1, -0.05) is 55.1 Å². The third-order valence-electron chi connectivity index (χ3n) is 3.02. The summed E-state index contributed by atoms with van der Waals surface area (Å²) in [7, 11) is 0. The zero-order valence-corrected chi connectivity index (χ0v) is 10.8. The minimum atomic E-state index is -4.68. The highest BCUT2D eigenvalue weighted by Gasteiger charge is 2.37. The second kappa shape index (κ2) is 5.44. The van der Waals surface area contributed by atoms with Gasteiger partial charge in [0.15, 0.2) is 0 Å².